The number of ketones is 1. The molecule has 4 nitrogen and oxygen atoms in total. The van der Waals surface area contributed by atoms with Crippen LogP contribution in [0.1, 0.15) is 26.3 Å². The van der Waals surface area contributed by atoms with Gasteiger partial charge in [0.2, 0.25) is 0 Å². The Labute approximate surface area is 132 Å². The summed E-state index contributed by atoms with van der Waals surface area (Å²) < 4.78 is 2.64. The molecular formula is C15H16IN3O. The third-order valence-corrected chi connectivity index (χ3v) is 3.40. The number of benzene rings is 1. The number of Topliss-reactive ketones (excluding diaryl/α,β-unsaturated/α-hetero) is 1. The Morgan fingerprint density at radius 3 is 2.65 bits per heavy atom. The number of carbonyl (C=O) groups excluding carboxylic acids is 1. The van der Waals surface area contributed by atoms with E-state index in [0.717, 1.165) is 9.13 Å². The fourth-order valence-electron chi connectivity index (χ4n) is 1.71. The molecule has 0 atom stereocenters. The first-order valence-electron chi connectivity index (χ1n) is 6.25. The summed E-state index contributed by atoms with van der Waals surface area (Å²) in [6, 6.07) is 7.97. The molecule has 0 aliphatic rings. The zero-order valence-corrected chi connectivity index (χ0v) is 13.8. The Bertz CT molecular complexity index is 639. The van der Waals surface area contributed by atoms with E-state index in [4.69, 9.17) is 0 Å². The van der Waals surface area contributed by atoms with Crippen LogP contribution in [0.15, 0.2) is 36.9 Å². The summed E-state index contributed by atoms with van der Waals surface area (Å²) in [5, 5.41) is 4.08. The lowest BCUT2D eigenvalue weighted by Gasteiger charge is -2.18. The van der Waals surface area contributed by atoms with Crippen molar-refractivity contribution in [1.82, 2.24) is 14.8 Å². The minimum Gasteiger partial charge on any atom is -0.292 e. The van der Waals surface area contributed by atoms with Gasteiger partial charge in [0.15, 0.2) is 5.78 Å². The number of nitrogens with zero attached hydrogens (tertiary/aromatic N) is 3. The van der Waals surface area contributed by atoms with Gasteiger partial charge in [0.25, 0.3) is 0 Å². The summed E-state index contributed by atoms with van der Waals surface area (Å²) in [6.45, 7) is 5.69. The predicted octanol–water partition coefficient (Wildman–Crippen LogP) is 3.50. The van der Waals surface area contributed by atoms with E-state index in [1.807, 2.05) is 51.1 Å². The summed E-state index contributed by atoms with van der Waals surface area (Å²) in [7, 11) is 0. The van der Waals surface area contributed by atoms with Gasteiger partial charge in [-0.1, -0.05) is 32.9 Å². The van der Waals surface area contributed by atoms with E-state index in [9.17, 15) is 4.79 Å². The predicted molar refractivity (Wildman–Crippen MR) is 87.8 cm³/mol. The highest BCUT2D eigenvalue weighted by Crippen LogP contribution is 2.24. The molecule has 1 aromatic carbocycles. The first kappa shape index (κ1) is 14.9. The van der Waals surface area contributed by atoms with E-state index >= 15 is 0 Å². The van der Waals surface area contributed by atoms with Crippen LogP contribution in [-0.2, 0) is 4.79 Å². The fourth-order valence-corrected chi connectivity index (χ4v) is 2.27. The molecule has 0 bridgehead atoms. The summed E-state index contributed by atoms with van der Waals surface area (Å²) in [4.78, 5) is 16.5. The van der Waals surface area contributed by atoms with E-state index < -0.39 is 5.41 Å². The van der Waals surface area contributed by atoms with E-state index in [2.05, 4.69) is 32.7 Å². The molecule has 0 spiro atoms. The van der Waals surface area contributed by atoms with E-state index in [1.165, 1.54) is 11.0 Å². The van der Waals surface area contributed by atoms with Crippen LogP contribution in [0.4, 0.5) is 0 Å². The summed E-state index contributed by atoms with van der Waals surface area (Å²) in [5.74, 6) is 0.0295. The van der Waals surface area contributed by atoms with Crippen LogP contribution < -0.4 is 0 Å². The number of hydrogen-bond donors (Lipinski definition) is 0. The minimum absolute atomic E-state index is 0.0295. The molecule has 0 radical (unpaired) electrons. The van der Waals surface area contributed by atoms with Crippen molar-refractivity contribution in [1.29, 1.82) is 0 Å². The fraction of sp³-hybridized carbons (Fsp3) is 0.267. The minimum atomic E-state index is -0.473. The molecule has 1 aromatic heterocycles. The van der Waals surface area contributed by atoms with Crippen molar-refractivity contribution < 1.29 is 4.79 Å². The Hall–Kier alpha value is -1.50. The van der Waals surface area contributed by atoms with Crippen molar-refractivity contribution in [2.24, 2.45) is 5.41 Å². The molecule has 104 valence electrons. The number of allylic oxidation sites excluding steroid dienone is 1. The van der Waals surface area contributed by atoms with Crippen LogP contribution >= 0.6 is 22.6 Å². The maximum Gasteiger partial charge on any atom is 0.186 e. The van der Waals surface area contributed by atoms with Gasteiger partial charge in [0.1, 0.15) is 18.4 Å². The van der Waals surface area contributed by atoms with Crippen molar-refractivity contribution in [2.75, 3.05) is 0 Å². The van der Waals surface area contributed by atoms with Crippen LogP contribution in [0.25, 0.3) is 11.8 Å². The van der Waals surface area contributed by atoms with Crippen LogP contribution in [0, 0.1) is 8.99 Å². The van der Waals surface area contributed by atoms with Gasteiger partial charge < -0.3 is 0 Å². The van der Waals surface area contributed by atoms with Crippen molar-refractivity contribution in [2.45, 2.75) is 20.8 Å². The molecule has 0 N–H and O–H groups in total. The maximum absolute atomic E-state index is 12.6. The molecule has 1 heterocycles. The quantitative estimate of drug-likeness (QED) is 0.604. The molecule has 0 fully saturated rings. The zero-order chi connectivity index (χ0) is 14.8. The van der Waals surface area contributed by atoms with Crippen LogP contribution in [0.2, 0.25) is 0 Å². The smallest absolute Gasteiger partial charge is 0.186 e. The van der Waals surface area contributed by atoms with Gasteiger partial charge in [-0.2, -0.15) is 5.10 Å². The molecule has 2 rings (SSSR count). The number of aromatic nitrogens is 3. The highest BCUT2D eigenvalue weighted by molar-refractivity contribution is 14.1. The molecule has 0 aliphatic heterocycles. The Morgan fingerprint density at radius 1 is 1.35 bits per heavy atom. The molecule has 2 aromatic rings. The molecule has 0 unspecified atom stereocenters. The number of hydrogen-bond acceptors (Lipinski definition) is 3. The third kappa shape index (κ3) is 3.53. The van der Waals surface area contributed by atoms with Crippen molar-refractivity contribution in [3.05, 3.63) is 46.1 Å². The standard InChI is InChI=1S/C15H16IN3O/c1-15(2,3)14(20)13(19-10-17-9-18-19)8-11-5-4-6-12(16)7-11/h4-10H,1-3H3/b13-8+. The van der Waals surface area contributed by atoms with Gasteiger partial charge >= 0.3 is 0 Å². The maximum atomic E-state index is 12.6. The lowest BCUT2D eigenvalue weighted by atomic mass is 9.88. The Balaban J connectivity index is 2.50. The average Bonchev–Trinajstić information content (AvgIpc) is 2.87. The SMILES string of the molecule is CC(C)(C)C(=O)/C(=C\c1cccc(I)c1)n1cncn1. The van der Waals surface area contributed by atoms with Crippen molar-refractivity contribution in [3.8, 4) is 0 Å². The monoisotopic (exact) mass is 381 g/mol. The van der Waals surface area contributed by atoms with Crippen molar-refractivity contribution >= 4 is 40.1 Å². The van der Waals surface area contributed by atoms with Crippen LogP contribution in [0.3, 0.4) is 0 Å². The number of halogens is 1. The van der Waals surface area contributed by atoms with E-state index in [-0.39, 0.29) is 5.78 Å². The first-order valence-corrected chi connectivity index (χ1v) is 7.33. The summed E-state index contributed by atoms with van der Waals surface area (Å²) >= 11 is 2.25. The van der Waals surface area contributed by atoms with Gasteiger partial charge in [0, 0.05) is 8.99 Å². The molecule has 0 saturated carbocycles. The second-order valence-electron chi connectivity index (χ2n) is 5.50. The number of rotatable bonds is 3. The highest BCUT2D eigenvalue weighted by atomic mass is 127. The molecule has 20 heavy (non-hydrogen) atoms. The Morgan fingerprint density at radius 2 is 2.10 bits per heavy atom. The largest absolute Gasteiger partial charge is 0.292 e. The molecular weight excluding hydrogens is 365 g/mol. The summed E-state index contributed by atoms with van der Waals surface area (Å²) in [5.41, 5.74) is 1.02. The van der Waals surface area contributed by atoms with Gasteiger partial charge in [-0.15, -0.1) is 0 Å². The van der Waals surface area contributed by atoms with Crippen molar-refractivity contribution in [3.63, 3.8) is 0 Å². The zero-order valence-electron chi connectivity index (χ0n) is 11.7. The first-order chi connectivity index (χ1) is 9.38. The molecule has 0 amide bonds. The normalized spacial score (nSPS) is 12.5. The topological polar surface area (TPSA) is 47.8 Å². The molecule has 5 heteroatoms. The van der Waals surface area contributed by atoms with Crippen LogP contribution in [0.5, 0.6) is 0 Å². The van der Waals surface area contributed by atoms with Gasteiger partial charge in [0.05, 0.1) is 0 Å². The lowest BCUT2D eigenvalue weighted by Crippen LogP contribution is -2.24. The highest BCUT2D eigenvalue weighted by Gasteiger charge is 2.26. The van der Waals surface area contributed by atoms with E-state index in [1.54, 1.807) is 6.33 Å². The second kappa shape index (κ2) is 5.87. The van der Waals surface area contributed by atoms with Gasteiger partial charge in [-0.3, -0.25) is 4.79 Å². The van der Waals surface area contributed by atoms with Gasteiger partial charge in [-0.05, 0) is 46.4 Å². The molecule has 0 aliphatic carbocycles. The number of carbonyl (C=O) groups is 1. The molecule has 0 saturated heterocycles. The van der Waals surface area contributed by atoms with E-state index in [0.29, 0.717) is 5.70 Å². The van der Waals surface area contributed by atoms with Crippen LogP contribution in [-0.4, -0.2) is 20.5 Å². The average molecular weight is 381 g/mol. The third-order valence-electron chi connectivity index (χ3n) is 2.73. The van der Waals surface area contributed by atoms with Gasteiger partial charge in [-0.25, -0.2) is 9.67 Å². The second-order valence-corrected chi connectivity index (χ2v) is 6.75. The Kier molecular flexibility index (Phi) is 4.37. The lowest BCUT2D eigenvalue weighted by molar-refractivity contribution is -0.120. The summed E-state index contributed by atoms with van der Waals surface area (Å²) in [6.07, 6.45) is 4.83.